The zero-order valence-corrected chi connectivity index (χ0v) is 15.6. The van der Waals surface area contributed by atoms with Gasteiger partial charge in [0.25, 0.3) is 0 Å². The smallest absolute Gasteiger partial charge is 0.339 e. The van der Waals surface area contributed by atoms with E-state index < -0.39 is 16.0 Å². The number of carbonyl (C=O) groups excluding carboxylic acids is 1. The van der Waals surface area contributed by atoms with Gasteiger partial charge in [-0.1, -0.05) is 11.6 Å². The van der Waals surface area contributed by atoms with Crippen LogP contribution >= 0.6 is 11.6 Å². The van der Waals surface area contributed by atoms with Crippen molar-refractivity contribution in [2.75, 3.05) is 27.7 Å². The van der Waals surface area contributed by atoms with Crippen LogP contribution in [-0.4, -0.2) is 47.0 Å². The maximum absolute atomic E-state index is 12.5. The average molecular weight is 387 g/mol. The summed E-state index contributed by atoms with van der Waals surface area (Å²) in [5.74, 6) is -0.0668. The van der Waals surface area contributed by atoms with Crippen molar-refractivity contribution >= 4 is 27.6 Å². The van der Waals surface area contributed by atoms with Crippen LogP contribution in [0.3, 0.4) is 0 Å². The number of hydrogen-bond acceptors (Lipinski definition) is 6. The molecular weight excluding hydrogens is 368 g/mol. The standard InChI is InChI=1S/C16H19ClN2O5S/c1-19(2)14(15-5-4-8-24-15)10-18-25(21,22)11-6-7-13(17)12(9-11)16(20)23-3/h4-9,14,18H,10H2,1-3H3. The Morgan fingerprint density at radius 1 is 1.36 bits per heavy atom. The maximum atomic E-state index is 12.5. The molecule has 0 saturated carbocycles. The van der Waals surface area contributed by atoms with Gasteiger partial charge in [-0.05, 0) is 44.4 Å². The summed E-state index contributed by atoms with van der Waals surface area (Å²) in [6.07, 6.45) is 1.53. The fourth-order valence-corrected chi connectivity index (χ4v) is 3.49. The number of furan rings is 1. The minimum atomic E-state index is -3.85. The van der Waals surface area contributed by atoms with Crippen molar-refractivity contribution < 1.29 is 22.4 Å². The Morgan fingerprint density at radius 2 is 2.08 bits per heavy atom. The lowest BCUT2D eigenvalue weighted by Crippen LogP contribution is -2.34. The molecule has 0 amide bonds. The van der Waals surface area contributed by atoms with Crippen molar-refractivity contribution in [3.63, 3.8) is 0 Å². The fraction of sp³-hybridized carbons (Fsp3) is 0.312. The number of esters is 1. The first-order valence-electron chi connectivity index (χ1n) is 7.33. The van der Waals surface area contributed by atoms with Gasteiger partial charge in [-0.15, -0.1) is 0 Å². The third-order valence-electron chi connectivity index (χ3n) is 3.62. The molecule has 1 unspecified atom stereocenters. The number of carbonyl (C=O) groups is 1. The molecule has 1 aromatic carbocycles. The van der Waals surface area contributed by atoms with E-state index >= 15 is 0 Å². The van der Waals surface area contributed by atoms with E-state index in [1.54, 1.807) is 12.1 Å². The largest absolute Gasteiger partial charge is 0.468 e. The number of hydrogen-bond donors (Lipinski definition) is 1. The predicted octanol–water partition coefficient (Wildman–Crippen LogP) is 2.30. The molecule has 0 saturated heterocycles. The first-order chi connectivity index (χ1) is 11.8. The number of benzene rings is 1. The Hall–Kier alpha value is -1.87. The second-order valence-electron chi connectivity index (χ2n) is 5.48. The molecule has 0 aliphatic carbocycles. The number of halogens is 1. The van der Waals surface area contributed by atoms with Crippen LogP contribution in [0.25, 0.3) is 0 Å². The highest BCUT2D eigenvalue weighted by molar-refractivity contribution is 7.89. The topological polar surface area (TPSA) is 88.8 Å². The summed E-state index contributed by atoms with van der Waals surface area (Å²) in [6, 6.07) is 7.09. The molecule has 1 heterocycles. The monoisotopic (exact) mass is 386 g/mol. The second kappa shape index (κ2) is 8.01. The molecule has 136 valence electrons. The summed E-state index contributed by atoms with van der Waals surface area (Å²) in [5, 5.41) is 0.118. The first kappa shape index (κ1) is 19.5. The van der Waals surface area contributed by atoms with Crippen molar-refractivity contribution in [3.05, 3.63) is 52.9 Å². The second-order valence-corrected chi connectivity index (χ2v) is 7.65. The molecule has 9 heteroatoms. The number of nitrogens with one attached hydrogen (secondary N) is 1. The molecule has 0 spiro atoms. The summed E-state index contributed by atoms with van der Waals surface area (Å²) in [6.45, 7) is 0.0963. The van der Waals surface area contributed by atoms with Crippen LogP contribution in [0.5, 0.6) is 0 Å². The Bertz CT molecular complexity index is 834. The SMILES string of the molecule is COC(=O)c1cc(S(=O)(=O)NCC(c2ccco2)N(C)C)ccc1Cl. The van der Waals surface area contributed by atoms with Gasteiger partial charge < -0.3 is 9.15 Å². The van der Waals surface area contributed by atoms with E-state index in [9.17, 15) is 13.2 Å². The fourth-order valence-electron chi connectivity index (χ4n) is 2.23. The molecule has 7 nitrogen and oxygen atoms in total. The highest BCUT2D eigenvalue weighted by atomic mass is 35.5. The lowest BCUT2D eigenvalue weighted by molar-refractivity contribution is 0.0600. The van der Waals surface area contributed by atoms with E-state index in [1.165, 1.54) is 31.6 Å². The zero-order valence-electron chi connectivity index (χ0n) is 14.0. The third-order valence-corrected chi connectivity index (χ3v) is 5.37. The summed E-state index contributed by atoms with van der Waals surface area (Å²) in [4.78, 5) is 13.4. The normalized spacial score (nSPS) is 13.0. The number of nitrogens with zero attached hydrogens (tertiary/aromatic N) is 1. The van der Waals surface area contributed by atoms with Crippen molar-refractivity contribution in [1.29, 1.82) is 0 Å². The van der Waals surface area contributed by atoms with Crippen LogP contribution in [0.4, 0.5) is 0 Å². The van der Waals surface area contributed by atoms with Crippen molar-refractivity contribution in [2.24, 2.45) is 0 Å². The quantitative estimate of drug-likeness (QED) is 0.734. The van der Waals surface area contributed by atoms with Crippen LogP contribution in [0.15, 0.2) is 45.9 Å². The van der Waals surface area contributed by atoms with Crippen LogP contribution < -0.4 is 4.72 Å². The Labute approximate surface area is 151 Å². The summed E-state index contributed by atoms with van der Waals surface area (Å²) >= 11 is 5.92. The van der Waals surface area contributed by atoms with E-state index in [0.29, 0.717) is 5.76 Å². The molecule has 1 N–H and O–H groups in total. The summed E-state index contributed by atoms with van der Waals surface area (Å²) in [5.41, 5.74) is -0.0118. The van der Waals surface area contributed by atoms with Gasteiger partial charge in [-0.3, -0.25) is 4.90 Å². The van der Waals surface area contributed by atoms with Gasteiger partial charge in [-0.2, -0.15) is 0 Å². The van der Waals surface area contributed by atoms with E-state index in [0.717, 1.165) is 0 Å². The lowest BCUT2D eigenvalue weighted by Gasteiger charge is -2.22. The zero-order chi connectivity index (χ0) is 18.6. The van der Waals surface area contributed by atoms with E-state index in [-0.39, 0.29) is 28.1 Å². The molecular formula is C16H19ClN2O5S. The van der Waals surface area contributed by atoms with Gasteiger partial charge in [0.15, 0.2) is 0 Å². The Balaban J connectivity index is 2.23. The molecule has 2 aromatic rings. The predicted molar refractivity (Wildman–Crippen MR) is 93.1 cm³/mol. The molecule has 25 heavy (non-hydrogen) atoms. The Morgan fingerprint density at radius 3 is 2.64 bits per heavy atom. The minimum absolute atomic E-state index is 0.0118. The van der Waals surface area contributed by atoms with Gasteiger partial charge in [0, 0.05) is 6.54 Å². The van der Waals surface area contributed by atoms with Crippen LogP contribution in [-0.2, 0) is 14.8 Å². The molecule has 1 aromatic heterocycles. The third kappa shape index (κ3) is 4.60. The number of sulfonamides is 1. The van der Waals surface area contributed by atoms with Gasteiger partial charge in [0.05, 0.1) is 34.9 Å². The number of rotatable bonds is 7. The molecule has 0 fully saturated rings. The number of likely N-dealkylation sites (N-methyl/N-ethyl adjacent to an activating group) is 1. The lowest BCUT2D eigenvalue weighted by atomic mass is 10.2. The maximum Gasteiger partial charge on any atom is 0.339 e. The summed E-state index contributed by atoms with van der Waals surface area (Å²) in [7, 11) is 0.989. The minimum Gasteiger partial charge on any atom is -0.468 e. The van der Waals surface area contributed by atoms with E-state index in [2.05, 4.69) is 9.46 Å². The molecule has 0 aliphatic heterocycles. The van der Waals surface area contributed by atoms with Gasteiger partial charge in [0.1, 0.15) is 5.76 Å². The number of ether oxygens (including phenoxy) is 1. The van der Waals surface area contributed by atoms with Crippen molar-refractivity contribution in [1.82, 2.24) is 9.62 Å². The molecule has 0 bridgehead atoms. The van der Waals surface area contributed by atoms with Crippen molar-refractivity contribution in [3.8, 4) is 0 Å². The van der Waals surface area contributed by atoms with Gasteiger partial charge in [-0.25, -0.2) is 17.9 Å². The molecule has 1 atom stereocenters. The van der Waals surface area contributed by atoms with Crippen LogP contribution in [0.2, 0.25) is 5.02 Å². The highest BCUT2D eigenvalue weighted by Crippen LogP contribution is 2.22. The average Bonchev–Trinajstić information content (AvgIpc) is 3.08. The van der Waals surface area contributed by atoms with Gasteiger partial charge >= 0.3 is 5.97 Å². The molecule has 0 aliphatic rings. The van der Waals surface area contributed by atoms with Crippen molar-refractivity contribution in [2.45, 2.75) is 10.9 Å². The Kier molecular flexibility index (Phi) is 6.23. The van der Waals surface area contributed by atoms with Gasteiger partial charge in [0.2, 0.25) is 10.0 Å². The highest BCUT2D eigenvalue weighted by Gasteiger charge is 2.23. The van der Waals surface area contributed by atoms with E-state index in [1.807, 2.05) is 19.0 Å². The van der Waals surface area contributed by atoms with Crippen LogP contribution in [0, 0.1) is 0 Å². The molecule has 0 radical (unpaired) electrons. The van der Waals surface area contributed by atoms with E-state index in [4.69, 9.17) is 16.0 Å². The first-order valence-corrected chi connectivity index (χ1v) is 9.19. The molecule has 2 rings (SSSR count). The van der Waals surface area contributed by atoms with Crippen LogP contribution in [0.1, 0.15) is 22.2 Å². The number of methoxy groups -OCH3 is 1. The summed E-state index contributed by atoms with van der Waals surface area (Å²) < 4.78 is 37.6.